The van der Waals surface area contributed by atoms with Gasteiger partial charge in [-0.3, -0.25) is 4.79 Å². The Balaban J connectivity index is 2.12. The van der Waals surface area contributed by atoms with Crippen LogP contribution in [0.4, 0.5) is 0 Å². The maximum absolute atomic E-state index is 13.3. The van der Waals surface area contributed by atoms with E-state index in [0.29, 0.717) is 11.1 Å². The molecule has 2 unspecified atom stereocenters. The third kappa shape index (κ3) is 3.59. The number of carbonyl (C=O) groups excluding carboxylic acids is 1. The van der Waals surface area contributed by atoms with Gasteiger partial charge in [0.25, 0.3) is 0 Å². The van der Waals surface area contributed by atoms with Crippen LogP contribution in [0.1, 0.15) is 22.0 Å². The standard InChI is InChI=1S/C21H19NO3S/c22-19(16-10-4-1-5-11-16)21(20(23)17-12-6-2-7-13-17)26(24,25)18-14-8-3-9-15-18/h1-15,19,21H,22H2. The maximum Gasteiger partial charge on any atom is 0.190 e. The van der Waals surface area contributed by atoms with Gasteiger partial charge in [-0.1, -0.05) is 78.9 Å². The van der Waals surface area contributed by atoms with Crippen LogP contribution in [-0.4, -0.2) is 19.5 Å². The molecular weight excluding hydrogens is 346 g/mol. The van der Waals surface area contributed by atoms with Crippen molar-refractivity contribution in [3.05, 3.63) is 102 Å². The Bertz CT molecular complexity index is 972. The largest absolute Gasteiger partial charge is 0.322 e. The fraction of sp³-hybridized carbons (Fsp3) is 0.0952. The number of sulfone groups is 1. The molecule has 0 spiro atoms. The van der Waals surface area contributed by atoms with E-state index >= 15 is 0 Å². The molecule has 26 heavy (non-hydrogen) atoms. The number of Topliss-reactive ketones (excluding diaryl/α,β-unsaturated/α-hetero) is 1. The Morgan fingerprint density at radius 1 is 0.731 bits per heavy atom. The molecule has 0 aliphatic rings. The van der Waals surface area contributed by atoms with E-state index in [2.05, 4.69) is 0 Å². The highest BCUT2D eigenvalue weighted by molar-refractivity contribution is 7.93. The molecule has 0 aromatic heterocycles. The summed E-state index contributed by atoms with van der Waals surface area (Å²) < 4.78 is 26.5. The Labute approximate surface area is 153 Å². The summed E-state index contributed by atoms with van der Waals surface area (Å²) in [7, 11) is -3.97. The first-order chi connectivity index (χ1) is 12.5. The lowest BCUT2D eigenvalue weighted by Crippen LogP contribution is -2.40. The molecule has 3 rings (SSSR count). The van der Waals surface area contributed by atoms with Gasteiger partial charge in [0.15, 0.2) is 15.6 Å². The van der Waals surface area contributed by atoms with E-state index in [1.165, 1.54) is 12.1 Å². The minimum atomic E-state index is -3.97. The van der Waals surface area contributed by atoms with Crippen molar-refractivity contribution in [3.8, 4) is 0 Å². The molecule has 3 aromatic carbocycles. The van der Waals surface area contributed by atoms with E-state index in [9.17, 15) is 13.2 Å². The van der Waals surface area contributed by atoms with E-state index < -0.39 is 26.9 Å². The van der Waals surface area contributed by atoms with Crippen LogP contribution in [0.2, 0.25) is 0 Å². The number of benzene rings is 3. The molecule has 0 radical (unpaired) electrons. The number of hydrogen-bond acceptors (Lipinski definition) is 4. The van der Waals surface area contributed by atoms with Gasteiger partial charge in [0.1, 0.15) is 5.25 Å². The molecule has 0 aliphatic heterocycles. The first-order valence-electron chi connectivity index (χ1n) is 8.20. The van der Waals surface area contributed by atoms with Crippen molar-refractivity contribution in [2.75, 3.05) is 0 Å². The lowest BCUT2D eigenvalue weighted by atomic mass is 9.98. The second-order valence-corrected chi connectivity index (χ2v) is 8.01. The summed E-state index contributed by atoms with van der Waals surface area (Å²) in [5.74, 6) is -0.509. The van der Waals surface area contributed by atoms with Crippen LogP contribution in [0.25, 0.3) is 0 Å². The third-order valence-corrected chi connectivity index (χ3v) is 6.34. The van der Waals surface area contributed by atoms with Crippen molar-refractivity contribution in [1.82, 2.24) is 0 Å². The van der Waals surface area contributed by atoms with Gasteiger partial charge in [-0.05, 0) is 17.7 Å². The van der Waals surface area contributed by atoms with Crippen LogP contribution in [0.3, 0.4) is 0 Å². The topological polar surface area (TPSA) is 77.2 Å². The molecule has 4 nitrogen and oxygen atoms in total. The fourth-order valence-corrected chi connectivity index (χ4v) is 4.66. The van der Waals surface area contributed by atoms with Gasteiger partial charge in [0.05, 0.1) is 10.9 Å². The van der Waals surface area contributed by atoms with E-state index in [1.54, 1.807) is 72.8 Å². The SMILES string of the molecule is NC(c1ccccc1)C(C(=O)c1ccccc1)S(=O)(=O)c1ccccc1. The molecule has 0 bridgehead atoms. The third-order valence-electron chi connectivity index (χ3n) is 4.23. The van der Waals surface area contributed by atoms with Crippen molar-refractivity contribution in [3.63, 3.8) is 0 Å². The molecule has 5 heteroatoms. The number of rotatable bonds is 6. The Hall–Kier alpha value is -2.76. The van der Waals surface area contributed by atoms with Gasteiger partial charge in [-0.2, -0.15) is 0 Å². The molecule has 0 aliphatic carbocycles. The van der Waals surface area contributed by atoms with Crippen LogP contribution < -0.4 is 5.73 Å². The van der Waals surface area contributed by atoms with E-state index in [4.69, 9.17) is 5.73 Å². The molecule has 0 saturated heterocycles. The van der Waals surface area contributed by atoms with E-state index in [1.807, 2.05) is 6.07 Å². The van der Waals surface area contributed by atoms with Crippen LogP contribution >= 0.6 is 0 Å². The van der Waals surface area contributed by atoms with Gasteiger partial charge in [0, 0.05) is 5.56 Å². The highest BCUT2D eigenvalue weighted by atomic mass is 32.2. The van der Waals surface area contributed by atoms with Crippen molar-refractivity contribution in [2.24, 2.45) is 5.73 Å². The normalized spacial score (nSPS) is 13.7. The average molecular weight is 365 g/mol. The highest BCUT2D eigenvalue weighted by Crippen LogP contribution is 2.28. The number of carbonyl (C=O) groups is 1. The van der Waals surface area contributed by atoms with Crippen molar-refractivity contribution in [1.29, 1.82) is 0 Å². The van der Waals surface area contributed by atoms with E-state index in [-0.39, 0.29) is 4.90 Å². The minimum absolute atomic E-state index is 0.0839. The first-order valence-corrected chi connectivity index (χ1v) is 9.75. The second kappa shape index (κ2) is 7.64. The molecule has 2 N–H and O–H groups in total. The molecule has 0 fully saturated rings. The Morgan fingerprint density at radius 2 is 1.19 bits per heavy atom. The molecule has 132 valence electrons. The monoisotopic (exact) mass is 365 g/mol. The summed E-state index contributed by atoms with van der Waals surface area (Å²) in [5.41, 5.74) is 7.22. The molecule has 3 aromatic rings. The van der Waals surface area contributed by atoms with Crippen LogP contribution in [0, 0.1) is 0 Å². The molecule has 0 heterocycles. The predicted octanol–water partition coefficient (Wildman–Crippen LogP) is 3.41. The van der Waals surface area contributed by atoms with E-state index in [0.717, 1.165) is 0 Å². The highest BCUT2D eigenvalue weighted by Gasteiger charge is 2.39. The zero-order chi connectivity index (χ0) is 18.6. The summed E-state index contributed by atoms with van der Waals surface area (Å²) in [6, 6.07) is 24.2. The number of ketones is 1. The summed E-state index contributed by atoms with van der Waals surface area (Å²) in [5, 5.41) is -1.41. The average Bonchev–Trinajstić information content (AvgIpc) is 2.70. The van der Waals surface area contributed by atoms with Gasteiger partial charge < -0.3 is 5.73 Å². The summed E-state index contributed by atoms with van der Waals surface area (Å²) >= 11 is 0. The van der Waals surface area contributed by atoms with Gasteiger partial charge >= 0.3 is 0 Å². The zero-order valence-corrected chi connectivity index (χ0v) is 14.8. The Morgan fingerprint density at radius 3 is 1.73 bits per heavy atom. The summed E-state index contributed by atoms with van der Waals surface area (Å²) in [4.78, 5) is 13.2. The quantitative estimate of drug-likeness (QED) is 0.679. The van der Waals surface area contributed by atoms with Crippen molar-refractivity contribution >= 4 is 15.6 Å². The number of hydrogen-bond donors (Lipinski definition) is 1. The predicted molar refractivity (Wildman–Crippen MR) is 102 cm³/mol. The number of nitrogens with two attached hydrogens (primary N) is 1. The van der Waals surface area contributed by atoms with Gasteiger partial charge in [-0.25, -0.2) is 8.42 Å². The first kappa shape index (κ1) is 18.0. The molecule has 2 atom stereocenters. The fourth-order valence-electron chi connectivity index (χ4n) is 2.87. The molecule has 0 amide bonds. The second-order valence-electron chi connectivity index (χ2n) is 5.95. The van der Waals surface area contributed by atoms with Crippen molar-refractivity contribution in [2.45, 2.75) is 16.2 Å². The lowest BCUT2D eigenvalue weighted by Gasteiger charge is -2.23. The Kier molecular flexibility index (Phi) is 5.30. The van der Waals surface area contributed by atoms with Crippen LogP contribution in [0.5, 0.6) is 0 Å². The van der Waals surface area contributed by atoms with Gasteiger partial charge in [-0.15, -0.1) is 0 Å². The summed E-state index contributed by atoms with van der Waals surface area (Å²) in [6.07, 6.45) is 0. The lowest BCUT2D eigenvalue weighted by molar-refractivity contribution is 0.0978. The molecule has 0 saturated carbocycles. The smallest absolute Gasteiger partial charge is 0.190 e. The van der Waals surface area contributed by atoms with Crippen LogP contribution in [-0.2, 0) is 9.84 Å². The van der Waals surface area contributed by atoms with Crippen molar-refractivity contribution < 1.29 is 13.2 Å². The van der Waals surface area contributed by atoms with Crippen LogP contribution in [0.15, 0.2) is 95.9 Å². The zero-order valence-electron chi connectivity index (χ0n) is 14.0. The summed E-state index contributed by atoms with van der Waals surface area (Å²) in [6.45, 7) is 0. The minimum Gasteiger partial charge on any atom is -0.322 e. The maximum atomic E-state index is 13.3. The van der Waals surface area contributed by atoms with Gasteiger partial charge in [0.2, 0.25) is 0 Å². The molecular formula is C21H19NO3S.